The van der Waals surface area contributed by atoms with Crippen LogP contribution in [0.2, 0.25) is 5.02 Å². The molecule has 1 amide bonds. The van der Waals surface area contributed by atoms with Crippen molar-refractivity contribution >= 4 is 51.9 Å². The lowest BCUT2D eigenvalue weighted by Crippen LogP contribution is -2.29. The summed E-state index contributed by atoms with van der Waals surface area (Å²) in [4.78, 5) is 20.8. The summed E-state index contributed by atoms with van der Waals surface area (Å²) in [6, 6.07) is 5.24. The van der Waals surface area contributed by atoms with Crippen molar-refractivity contribution in [3.05, 3.63) is 47.4 Å². The summed E-state index contributed by atoms with van der Waals surface area (Å²) in [5.41, 5.74) is 1.01. The van der Waals surface area contributed by atoms with Crippen molar-refractivity contribution in [2.75, 3.05) is 0 Å². The zero-order valence-corrected chi connectivity index (χ0v) is 15.3. The zero-order chi connectivity index (χ0) is 19.1. The highest BCUT2D eigenvalue weighted by molar-refractivity contribution is 7.92. The van der Waals surface area contributed by atoms with Crippen molar-refractivity contribution < 1.29 is 13.1 Å². The summed E-state index contributed by atoms with van der Waals surface area (Å²) in [5.74, 6) is -0.393. The lowest BCUT2D eigenvalue weighted by molar-refractivity contribution is 0.0905. The average Bonchev–Trinajstić information content (AvgIpc) is 3.21. The molecule has 1 aromatic carbocycles. The standard InChI is InChI=1S/C16H11ClF2N6OS/c1-8(18)22-16(26)11-7-24(27-19)15-14(11)23-13(6-20-15)25-12-3-2-10(17)4-9(12)5-21-25/h2-8H,1H3,(H,22,26)/t8-/m0/s1. The Morgan fingerprint density at radius 1 is 1.37 bits per heavy atom. The van der Waals surface area contributed by atoms with Crippen LogP contribution in [0.15, 0.2) is 36.8 Å². The number of benzene rings is 1. The smallest absolute Gasteiger partial charge is 0.257 e. The van der Waals surface area contributed by atoms with E-state index in [1.165, 1.54) is 24.0 Å². The molecule has 0 radical (unpaired) electrons. The molecule has 4 rings (SSSR count). The van der Waals surface area contributed by atoms with Crippen LogP contribution in [-0.4, -0.2) is 35.9 Å². The van der Waals surface area contributed by atoms with Crippen LogP contribution in [0.25, 0.3) is 27.9 Å². The van der Waals surface area contributed by atoms with Gasteiger partial charge in [-0.3, -0.25) is 4.79 Å². The molecule has 0 saturated carbocycles. The van der Waals surface area contributed by atoms with E-state index in [0.717, 1.165) is 14.9 Å². The Balaban J connectivity index is 1.89. The first kappa shape index (κ1) is 17.7. The zero-order valence-electron chi connectivity index (χ0n) is 13.7. The van der Waals surface area contributed by atoms with Crippen molar-refractivity contribution in [3.8, 4) is 5.82 Å². The van der Waals surface area contributed by atoms with Crippen LogP contribution in [-0.2, 0) is 0 Å². The molecule has 0 unspecified atom stereocenters. The average molecular weight is 409 g/mol. The Morgan fingerprint density at radius 3 is 2.93 bits per heavy atom. The van der Waals surface area contributed by atoms with Gasteiger partial charge in [0.2, 0.25) is 0 Å². The third-order valence-corrected chi connectivity index (χ3v) is 4.51. The van der Waals surface area contributed by atoms with Crippen molar-refractivity contribution in [1.82, 2.24) is 29.0 Å². The monoisotopic (exact) mass is 408 g/mol. The molecular weight excluding hydrogens is 398 g/mol. The Labute approximate surface area is 160 Å². The number of carbonyl (C=O) groups is 1. The molecule has 3 heterocycles. The minimum Gasteiger partial charge on any atom is -0.322 e. The summed E-state index contributed by atoms with van der Waals surface area (Å²) in [5, 5.41) is 7.76. The Kier molecular flexibility index (Phi) is 4.44. The number of nitrogens with zero attached hydrogens (tertiary/aromatic N) is 5. The van der Waals surface area contributed by atoms with Gasteiger partial charge in [-0.15, -0.1) is 3.89 Å². The fourth-order valence-corrected chi connectivity index (χ4v) is 3.25. The van der Waals surface area contributed by atoms with Gasteiger partial charge in [-0.2, -0.15) is 5.10 Å². The molecule has 7 nitrogen and oxygen atoms in total. The lowest BCUT2D eigenvalue weighted by Gasteiger charge is -2.05. The molecule has 1 atom stereocenters. The lowest BCUT2D eigenvalue weighted by atomic mass is 10.2. The summed E-state index contributed by atoms with van der Waals surface area (Å²) in [6.45, 7) is 1.18. The van der Waals surface area contributed by atoms with E-state index >= 15 is 0 Å². The number of carbonyl (C=O) groups excluding carboxylic acids is 1. The van der Waals surface area contributed by atoms with Crippen LogP contribution in [0.1, 0.15) is 17.3 Å². The van der Waals surface area contributed by atoms with Crippen molar-refractivity contribution in [2.45, 2.75) is 13.2 Å². The SMILES string of the molecule is C[C@@H](F)NC(=O)c1cn(SF)c2ncc(-n3ncc4cc(Cl)ccc43)nc12. The number of rotatable bonds is 4. The molecule has 0 aliphatic rings. The molecule has 0 fully saturated rings. The van der Waals surface area contributed by atoms with Gasteiger partial charge >= 0.3 is 0 Å². The van der Waals surface area contributed by atoms with Crippen LogP contribution in [0.3, 0.4) is 0 Å². The van der Waals surface area contributed by atoms with Gasteiger partial charge in [0, 0.05) is 16.6 Å². The first-order valence-electron chi connectivity index (χ1n) is 7.73. The van der Waals surface area contributed by atoms with Crippen molar-refractivity contribution in [2.24, 2.45) is 0 Å². The Hall–Kier alpha value is -2.72. The third-order valence-electron chi connectivity index (χ3n) is 3.85. The molecule has 4 aromatic rings. The first-order chi connectivity index (χ1) is 13.0. The minimum atomic E-state index is -1.56. The van der Waals surface area contributed by atoms with Crippen LogP contribution in [0.5, 0.6) is 0 Å². The predicted octanol–water partition coefficient (Wildman–Crippen LogP) is 3.85. The normalized spacial score (nSPS) is 12.6. The molecule has 0 aliphatic carbocycles. The molecule has 0 spiro atoms. The van der Waals surface area contributed by atoms with E-state index in [9.17, 15) is 13.1 Å². The second-order valence-electron chi connectivity index (χ2n) is 5.69. The molecular formula is C16H11ClF2N6OS. The summed E-state index contributed by atoms with van der Waals surface area (Å²) in [7, 11) is 0. The molecule has 138 valence electrons. The molecule has 1 N–H and O–H groups in total. The number of fused-ring (bicyclic) bond motifs is 2. The van der Waals surface area contributed by atoms with E-state index < -0.39 is 12.2 Å². The maximum absolute atomic E-state index is 13.2. The molecule has 0 bridgehead atoms. The second-order valence-corrected chi connectivity index (χ2v) is 6.65. The summed E-state index contributed by atoms with van der Waals surface area (Å²) < 4.78 is 28.9. The van der Waals surface area contributed by atoms with Gasteiger partial charge in [0.05, 0.1) is 23.5 Å². The molecule has 3 aromatic heterocycles. The van der Waals surface area contributed by atoms with Gasteiger partial charge in [0.15, 0.2) is 30.1 Å². The highest BCUT2D eigenvalue weighted by atomic mass is 35.5. The minimum absolute atomic E-state index is 0.00788. The predicted molar refractivity (Wildman–Crippen MR) is 99.3 cm³/mol. The maximum Gasteiger partial charge on any atom is 0.257 e. The van der Waals surface area contributed by atoms with Crippen LogP contribution >= 0.6 is 23.9 Å². The second kappa shape index (κ2) is 6.78. The quantitative estimate of drug-likeness (QED) is 0.519. The van der Waals surface area contributed by atoms with Crippen LogP contribution in [0, 0.1) is 0 Å². The number of halogens is 3. The summed E-state index contributed by atoms with van der Waals surface area (Å²) in [6.07, 6.45) is 2.69. The van der Waals surface area contributed by atoms with E-state index in [2.05, 4.69) is 20.4 Å². The number of amides is 1. The van der Waals surface area contributed by atoms with Crippen molar-refractivity contribution in [1.29, 1.82) is 0 Å². The third kappa shape index (κ3) is 3.10. The van der Waals surface area contributed by atoms with E-state index in [1.807, 2.05) is 0 Å². The van der Waals surface area contributed by atoms with E-state index in [1.54, 1.807) is 24.4 Å². The molecule has 0 aliphatic heterocycles. The van der Waals surface area contributed by atoms with E-state index in [0.29, 0.717) is 10.8 Å². The summed E-state index contributed by atoms with van der Waals surface area (Å²) >= 11 is 5.85. The molecule has 11 heteroatoms. The highest BCUT2D eigenvalue weighted by Crippen LogP contribution is 2.26. The topological polar surface area (TPSA) is 77.6 Å². The number of nitrogens with one attached hydrogen (secondary N) is 1. The largest absolute Gasteiger partial charge is 0.322 e. The Morgan fingerprint density at radius 2 is 2.19 bits per heavy atom. The number of hydrogen-bond donors (Lipinski definition) is 1. The Bertz CT molecular complexity index is 1170. The van der Waals surface area contributed by atoms with Gasteiger partial charge in [-0.25, -0.2) is 23.0 Å². The van der Waals surface area contributed by atoms with Gasteiger partial charge in [0.25, 0.3) is 5.91 Å². The van der Waals surface area contributed by atoms with E-state index in [-0.39, 0.29) is 29.1 Å². The fraction of sp³-hybridized carbons (Fsp3) is 0.125. The van der Waals surface area contributed by atoms with Gasteiger partial charge in [-0.05, 0) is 25.1 Å². The number of alkyl halides is 1. The molecule has 0 saturated heterocycles. The highest BCUT2D eigenvalue weighted by Gasteiger charge is 2.21. The fourth-order valence-electron chi connectivity index (χ4n) is 2.72. The van der Waals surface area contributed by atoms with Crippen LogP contribution in [0.4, 0.5) is 8.28 Å². The number of aromatic nitrogens is 5. The van der Waals surface area contributed by atoms with Crippen molar-refractivity contribution in [3.63, 3.8) is 0 Å². The maximum atomic E-state index is 13.2. The van der Waals surface area contributed by atoms with E-state index in [4.69, 9.17) is 11.6 Å². The van der Waals surface area contributed by atoms with Crippen LogP contribution < -0.4 is 5.32 Å². The first-order valence-corrected chi connectivity index (χ1v) is 8.79. The number of hydrogen-bond acceptors (Lipinski definition) is 5. The van der Waals surface area contributed by atoms with Gasteiger partial charge in [0.1, 0.15) is 5.52 Å². The van der Waals surface area contributed by atoms with Gasteiger partial charge in [-0.1, -0.05) is 11.6 Å². The molecule has 27 heavy (non-hydrogen) atoms. The van der Waals surface area contributed by atoms with Gasteiger partial charge < -0.3 is 5.32 Å².